The van der Waals surface area contributed by atoms with Crippen molar-refractivity contribution in [3.8, 4) is 17.7 Å². The van der Waals surface area contributed by atoms with E-state index < -0.39 is 15.8 Å². The molecule has 0 amide bonds. The van der Waals surface area contributed by atoms with Gasteiger partial charge in [-0.05, 0) is 67.1 Å². The molecule has 0 spiro atoms. The van der Waals surface area contributed by atoms with E-state index in [1.54, 1.807) is 43.3 Å². The minimum atomic E-state index is -4.01. The summed E-state index contributed by atoms with van der Waals surface area (Å²) >= 11 is 0. The minimum absolute atomic E-state index is 0.0190. The molecule has 7 nitrogen and oxygen atoms in total. The maximum absolute atomic E-state index is 14.0. The predicted octanol–water partition coefficient (Wildman–Crippen LogP) is 4.54. The van der Waals surface area contributed by atoms with Gasteiger partial charge in [0.15, 0.2) is 0 Å². The van der Waals surface area contributed by atoms with E-state index in [0.29, 0.717) is 17.0 Å². The van der Waals surface area contributed by atoms with Crippen LogP contribution in [-0.4, -0.2) is 18.4 Å². The zero-order valence-corrected chi connectivity index (χ0v) is 17.0. The molecule has 31 heavy (non-hydrogen) atoms. The van der Waals surface area contributed by atoms with Crippen molar-refractivity contribution in [3.05, 3.63) is 83.9 Å². The first-order chi connectivity index (χ1) is 14.9. The Bertz CT molecular complexity index is 1450. The maximum Gasteiger partial charge on any atom is 0.262 e. The summed E-state index contributed by atoms with van der Waals surface area (Å²) in [5, 5.41) is 9.34. The van der Waals surface area contributed by atoms with Crippen LogP contribution in [0.15, 0.2) is 71.9 Å². The fraction of sp³-hybridized carbons (Fsp3) is 0.0455. The number of fused-ring (bicyclic) bond motifs is 1. The van der Waals surface area contributed by atoms with Crippen molar-refractivity contribution in [2.45, 2.75) is 11.8 Å². The number of hydrogen-bond acceptors (Lipinski definition) is 6. The van der Waals surface area contributed by atoms with Crippen molar-refractivity contribution in [1.82, 2.24) is 9.97 Å². The molecule has 0 saturated carbocycles. The van der Waals surface area contributed by atoms with Crippen LogP contribution in [-0.2, 0) is 10.0 Å². The Kier molecular flexibility index (Phi) is 5.23. The molecule has 0 aliphatic rings. The summed E-state index contributed by atoms with van der Waals surface area (Å²) in [4.78, 5) is 7.89. The van der Waals surface area contributed by atoms with E-state index in [-0.39, 0.29) is 27.2 Å². The Labute approximate surface area is 177 Å². The summed E-state index contributed by atoms with van der Waals surface area (Å²) in [6.45, 7) is 1.71. The number of sulfonamides is 1. The van der Waals surface area contributed by atoms with Crippen molar-refractivity contribution in [2.24, 2.45) is 0 Å². The summed E-state index contributed by atoms with van der Waals surface area (Å²) in [6.07, 6.45) is 2.91. The molecule has 0 saturated heterocycles. The average Bonchev–Trinajstić information content (AvgIpc) is 2.76. The van der Waals surface area contributed by atoms with E-state index in [9.17, 15) is 12.8 Å². The molecule has 2 aromatic carbocycles. The average molecular weight is 434 g/mol. The van der Waals surface area contributed by atoms with Crippen molar-refractivity contribution < 1.29 is 17.5 Å². The molecule has 4 rings (SSSR count). The molecule has 0 fully saturated rings. The van der Waals surface area contributed by atoms with Crippen molar-refractivity contribution in [3.63, 3.8) is 0 Å². The van der Waals surface area contributed by atoms with Crippen LogP contribution in [0.2, 0.25) is 0 Å². The Balaban J connectivity index is 1.64. The molecule has 0 radical (unpaired) electrons. The molecule has 2 heterocycles. The number of nitrogens with one attached hydrogen (secondary N) is 1. The molecular weight excluding hydrogens is 419 g/mol. The first-order valence-corrected chi connectivity index (χ1v) is 10.6. The van der Waals surface area contributed by atoms with E-state index in [4.69, 9.17) is 10.00 Å². The van der Waals surface area contributed by atoms with Crippen molar-refractivity contribution >= 4 is 26.6 Å². The van der Waals surface area contributed by atoms with Gasteiger partial charge < -0.3 is 4.74 Å². The van der Waals surface area contributed by atoms with Crippen LogP contribution in [0.25, 0.3) is 10.9 Å². The molecule has 0 unspecified atom stereocenters. The Morgan fingerprint density at radius 1 is 1.06 bits per heavy atom. The van der Waals surface area contributed by atoms with Gasteiger partial charge in [-0.3, -0.25) is 9.71 Å². The summed E-state index contributed by atoms with van der Waals surface area (Å²) < 4.78 is 48.2. The number of ether oxygens (including phenoxy) is 1. The van der Waals surface area contributed by atoms with Gasteiger partial charge in [-0.15, -0.1) is 0 Å². The largest absolute Gasteiger partial charge is 0.438 e. The van der Waals surface area contributed by atoms with Crippen LogP contribution in [0.3, 0.4) is 0 Å². The highest BCUT2D eigenvalue weighted by Gasteiger charge is 2.20. The second-order valence-electron chi connectivity index (χ2n) is 6.60. The van der Waals surface area contributed by atoms with E-state index in [1.807, 2.05) is 6.07 Å². The van der Waals surface area contributed by atoms with Gasteiger partial charge >= 0.3 is 0 Å². The highest BCUT2D eigenvalue weighted by Crippen LogP contribution is 2.30. The normalized spacial score (nSPS) is 11.1. The molecule has 1 N–H and O–H groups in total. The zero-order chi connectivity index (χ0) is 22.0. The minimum Gasteiger partial charge on any atom is -0.438 e. The summed E-state index contributed by atoms with van der Waals surface area (Å²) in [7, 11) is -4.01. The highest BCUT2D eigenvalue weighted by molar-refractivity contribution is 7.93. The smallest absolute Gasteiger partial charge is 0.262 e. The van der Waals surface area contributed by atoms with Crippen molar-refractivity contribution in [2.75, 3.05) is 4.72 Å². The number of nitriles is 1. The zero-order valence-electron chi connectivity index (χ0n) is 16.2. The third-order valence-electron chi connectivity index (χ3n) is 4.52. The lowest BCUT2D eigenvalue weighted by molar-refractivity contribution is 0.461. The van der Waals surface area contributed by atoms with Gasteiger partial charge in [-0.25, -0.2) is 17.8 Å². The lowest BCUT2D eigenvalue weighted by atomic mass is 10.2. The third-order valence-corrected chi connectivity index (χ3v) is 5.94. The highest BCUT2D eigenvalue weighted by atomic mass is 32.2. The fourth-order valence-electron chi connectivity index (χ4n) is 3.03. The van der Waals surface area contributed by atoms with Crippen LogP contribution >= 0.6 is 0 Å². The number of pyridine rings is 2. The van der Waals surface area contributed by atoms with Gasteiger partial charge in [0.05, 0.1) is 10.6 Å². The van der Waals surface area contributed by atoms with Crippen LogP contribution in [0.4, 0.5) is 10.1 Å². The van der Waals surface area contributed by atoms with Gasteiger partial charge in [0, 0.05) is 17.8 Å². The lowest BCUT2D eigenvalue weighted by Crippen LogP contribution is -2.14. The van der Waals surface area contributed by atoms with E-state index >= 15 is 0 Å². The van der Waals surface area contributed by atoms with Gasteiger partial charge in [0.2, 0.25) is 5.88 Å². The first-order valence-electron chi connectivity index (χ1n) is 9.09. The fourth-order valence-corrected chi connectivity index (χ4v) is 4.36. The maximum atomic E-state index is 14.0. The molecule has 0 bridgehead atoms. The molecule has 0 aliphatic carbocycles. The molecule has 0 atom stereocenters. The number of hydrogen-bond donors (Lipinski definition) is 1. The summed E-state index contributed by atoms with van der Waals surface area (Å²) in [5.41, 5.74) is 1.17. The number of rotatable bonds is 5. The Hall–Kier alpha value is -4.03. The number of anilines is 1. The molecule has 4 aromatic rings. The summed E-state index contributed by atoms with van der Waals surface area (Å²) in [6, 6.07) is 15.3. The third kappa shape index (κ3) is 4.01. The molecule has 2 aromatic heterocycles. The van der Waals surface area contributed by atoms with Gasteiger partial charge in [0.1, 0.15) is 28.7 Å². The van der Waals surface area contributed by atoms with Crippen LogP contribution < -0.4 is 9.46 Å². The first kappa shape index (κ1) is 20.3. The van der Waals surface area contributed by atoms with Gasteiger partial charge in [0.25, 0.3) is 10.0 Å². The Morgan fingerprint density at radius 3 is 2.61 bits per heavy atom. The molecular formula is C22H15FN4O3S. The molecule has 9 heteroatoms. The molecule has 154 valence electrons. The van der Waals surface area contributed by atoms with Crippen LogP contribution in [0.5, 0.6) is 11.6 Å². The van der Waals surface area contributed by atoms with Crippen LogP contribution in [0, 0.1) is 24.1 Å². The predicted molar refractivity (Wildman–Crippen MR) is 113 cm³/mol. The Morgan fingerprint density at radius 2 is 1.84 bits per heavy atom. The second-order valence-corrected chi connectivity index (χ2v) is 8.25. The van der Waals surface area contributed by atoms with Gasteiger partial charge in [-0.1, -0.05) is 0 Å². The van der Waals surface area contributed by atoms with Crippen LogP contribution in [0.1, 0.15) is 11.1 Å². The quantitative estimate of drug-likeness (QED) is 0.494. The molecule has 0 aliphatic heterocycles. The lowest BCUT2D eigenvalue weighted by Gasteiger charge is -2.14. The topological polar surface area (TPSA) is 105 Å². The second kappa shape index (κ2) is 8.01. The summed E-state index contributed by atoms with van der Waals surface area (Å²) in [5.74, 6) is -0.0476. The number of halogens is 1. The van der Waals surface area contributed by atoms with Gasteiger partial charge in [-0.2, -0.15) is 5.26 Å². The van der Waals surface area contributed by atoms with E-state index in [1.165, 1.54) is 24.5 Å². The van der Waals surface area contributed by atoms with E-state index in [2.05, 4.69) is 14.7 Å². The number of aryl methyl sites for hydroxylation is 1. The van der Waals surface area contributed by atoms with Crippen molar-refractivity contribution in [1.29, 1.82) is 5.26 Å². The monoisotopic (exact) mass is 434 g/mol. The standard InChI is InChI=1S/C22H15FN4O3S/c1-14-12-16(30-22-15(13-24)4-2-11-26-22)6-8-19(14)27-31(28,29)20-9-7-18(23)21-17(20)5-3-10-25-21/h2-12,27H,1H3. The van der Waals surface area contributed by atoms with E-state index in [0.717, 1.165) is 6.07 Å². The number of benzene rings is 2. The number of nitrogens with zero attached hydrogens (tertiary/aromatic N) is 3. The number of aromatic nitrogens is 2. The SMILES string of the molecule is Cc1cc(Oc2ncccc2C#N)ccc1NS(=O)(=O)c1ccc(F)c2ncccc12.